The van der Waals surface area contributed by atoms with Crippen LogP contribution in [0.15, 0.2) is 24.3 Å². The fraction of sp³-hybridized carbons (Fsp3) is 0.647. The minimum atomic E-state index is 0.401. The Morgan fingerprint density at radius 2 is 1.94 bits per heavy atom. The average molecular weight is 245 g/mol. The first kappa shape index (κ1) is 13.6. The van der Waals surface area contributed by atoms with E-state index in [9.17, 15) is 0 Å². The van der Waals surface area contributed by atoms with Gasteiger partial charge >= 0.3 is 0 Å². The van der Waals surface area contributed by atoms with E-state index in [2.05, 4.69) is 38.1 Å². The molecule has 1 nitrogen and oxygen atoms in total. The van der Waals surface area contributed by atoms with Crippen LogP contribution in [0.25, 0.3) is 0 Å². The van der Waals surface area contributed by atoms with Crippen molar-refractivity contribution in [3.8, 4) is 0 Å². The molecule has 0 aliphatic heterocycles. The summed E-state index contributed by atoms with van der Waals surface area (Å²) in [7, 11) is 0. The molecule has 100 valence electrons. The van der Waals surface area contributed by atoms with Crippen molar-refractivity contribution >= 4 is 0 Å². The van der Waals surface area contributed by atoms with Gasteiger partial charge < -0.3 is 5.73 Å². The smallest absolute Gasteiger partial charge is 0.00703 e. The minimum Gasteiger partial charge on any atom is -0.327 e. The topological polar surface area (TPSA) is 26.0 Å². The van der Waals surface area contributed by atoms with Crippen molar-refractivity contribution in [1.29, 1.82) is 0 Å². The van der Waals surface area contributed by atoms with Crippen molar-refractivity contribution in [2.24, 2.45) is 17.6 Å². The molecule has 1 aromatic carbocycles. The Labute approximate surface area is 112 Å². The predicted octanol–water partition coefficient (Wildman–Crippen LogP) is 4.08. The monoisotopic (exact) mass is 245 g/mol. The van der Waals surface area contributed by atoms with E-state index in [1.54, 1.807) is 0 Å². The van der Waals surface area contributed by atoms with Crippen LogP contribution in [-0.4, -0.2) is 6.04 Å². The summed E-state index contributed by atoms with van der Waals surface area (Å²) in [5, 5.41) is 0. The van der Waals surface area contributed by atoms with E-state index in [-0.39, 0.29) is 0 Å². The van der Waals surface area contributed by atoms with Gasteiger partial charge in [-0.15, -0.1) is 0 Å². The highest BCUT2D eigenvalue weighted by Gasteiger charge is 2.23. The molecule has 1 unspecified atom stereocenters. The molecule has 2 N–H and O–H groups in total. The van der Waals surface area contributed by atoms with Gasteiger partial charge in [0.25, 0.3) is 0 Å². The van der Waals surface area contributed by atoms with Gasteiger partial charge in [-0.3, -0.25) is 0 Å². The van der Waals surface area contributed by atoms with Gasteiger partial charge in [0.1, 0.15) is 0 Å². The standard InChI is InChI=1S/C17H27N/c1-13-6-9-16(10-7-13)17(18)11-8-15-5-3-4-14(2)12-15/h3-5,12-13,16-17H,6-11,18H2,1-2H3. The van der Waals surface area contributed by atoms with Crippen LogP contribution >= 0.6 is 0 Å². The molecule has 0 heterocycles. The van der Waals surface area contributed by atoms with Gasteiger partial charge in [0.05, 0.1) is 0 Å². The molecule has 0 radical (unpaired) electrons. The molecule has 1 atom stereocenters. The van der Waals surface area contributed by atoms with E-state index in [1.807, 2.05) is 0 Å². The molecule has 1 aliphatic rings. The normalized spacial score (nSPS) is 25.9. The summed E-state index contributed by atoms with van der Waals surface area (Å²) in [6.07, 6.45) is 7.72. The number of rotatable bonds is 4. The van der Waals surface area contributed by atoms with Crippen LogP contribution in [-0.2, 0) is 6.42 Å². The lowest BCUT2D eigenvalue weighted by Gasteiger charge is -2.30. The third kappa shape index (κ3) is 3.84. The first-order valence-corrected chi connectivity index (χ1v) is 7.46. The van der Waals surface area contributed by atoms with Crippen molar-refractivity contribution in [1.82, 2.24) is 0 Å². The zero-order valence-corrected chi connectivity index (χ0v) is 11.9. The van der Waals surface area contributed by atoms with E-state index in [0.717, 1.165) is 24.7 Å². The Kier molecular flexibility index (Phi) is 4.82. The highest BCUT2D eigenvalue weighted by Crippen LogP contribution is 2.31. The van der Waals surface area contributed by atoms with Gasteiger partial charge in [0.2, 0.25) is 0 Å². The summed E-state index contributed by atoms with van der Waals surface area (Å²) in [4.78, 5) is 0. The molecule has 1 heteroatoms. The molecule has 0 spiro atoms. The molecule has 0 bridgehead atoms. The van der Waals surface area contributed by atoms with Crippen molar-refractivity contribution in [3.05, 3.63) is 35.4 Å². The molecule has 1 aliphatic carbocycles. The number of benzene rings is 1. The first-order chi connectivity index (χ1) is 8.65. The molecule has 2 rings (SSSR count). The van der Waals surface area contributed by atoms with Crippen molar-refractivity contribution < 1.29 is 0 Å². The average Bonchev–Trinajstić information content (AvgIpc) is 2.37. The summed E-state index contributed by atoms with van der Waals surface area (Å²) in [6.45, 7) is 4.53. The Bertz CT molecular complexity index is 364. The van der Waals surface area contributed by atoms with Crippen molar-refractivity contribution in [2.45, 2.75) is 58.4 Å². The largest absolute Gasteiger partial charge is 0.327 e. The quantitative estimate of drug-likeness (QED) is 0.850. The zero-order chi connectivity index (χ0) is 13.0. The third-order valence-electron chi connectivity index (χ3n) is 4.51. The summed E-state index contributed by atoms with van der Waals surface area (Å²) < 4.78 is 0. The SMILES string of the molecule is Cc1cccc(CCC(N)C2CCC(C)CC2)c1. The zero-order valence-electron chi connectivity index (χ0n) is 11.9. The van der Waals surface area contributed by atoms with Gasteiger partial charge in [0, 0.05) is 6.04 Å². The fourth-order valence-electron chi connectivity index (χ4n) is 3.15. The van der Waals surface area contributed by atoms with Gasteiger partial charge in [-0.25, -0.2) is 0 Å². The highest BCUT2D eigenvalue weighted by molar-refractivity contribution is 5.22. The van der Waals surface area contributed by atoms with Crippen molar-refractivity contribution in [2.75, 3.05) is 0 Å². The summed E-state index contributed by atoms with van der Waals surface area (Å²) in [5.74, 6) is 1.69. The summed E-state index contributed by atoms with van der Waals surface area (Å²) in [5.41, 5.74) is 9.17. The minimum absolute atomic E-state index is 0.401. The van der Waals surface area contributed by atoms with Gasteiger partial charge in [-0.05, 0) is 50.0 Å². The van der Waals surface area contributed by atoms with E-state index in [0.29, 0.717) is 6.04 Å². The number of hydrogen-bond acceptors (Lipinski definition) is 1. The summed E-state index contributed by atoms with van der Waals surface area (Å²) >= 11 is 0. The maximum atomic E-state index is 6.38. The van der Waals surface area contributed by atoms with E-state index in [4.69, 9.17) is 5.73 Å². The van der Waals surface area contributed by atoms with E-state index >= 15 is 0 Å². The Balaban J connectivity index is 1.79. The van der Waals surface area contributed by atoms with Crippen LogP contribution in [0.2, 0.25) is 0 Å². The van der Waals surface area contributed by atoms with Gasteiger partial charge in [-0.2, -0.15) is 0 Å². The number of aryl methyl sites for hydroxylation is 2. The first-order valence-electron chi connectivity index (χ1n) is 7.46. The molecule has 0 amide bonds. The Morgan fingerprint density at radius 3 is 2.61 bits per heavy atom. The molecule has 0 saturated heterocycles. The second-order valence-electron chi connectivity index (χ2n) is 6.21. The van der Waals surface area contributed by atoms with Crippen LogP contribution in [0.3, 0.4) is 0 Å². The number of hydrogen-bond donors (Lipinski definition) is 1. The Hall–Kier alpha value is -0.820. The Morgan fingerprint density at radius 1 is 1.22 bits per heavy atom. The van der Waals surface area contributed by atoms with E-state index < -0.39 is 0 Å². The lowest BCUT2D eigenvalue weighted by Crippen LogP contribution is -2.33. The molecular weight excluding hydrogens is 218 g/mol. The molecule has 1 saturated carbocycles. The second-order valence-corrected chi connectivity index (χ2v) is 6.21. The third-order valence-corrected chi connectivity index (χ3v) is 4.51. The van der Waals surface area contributed by atoms with Crippen LogP contribution in [0.5, 0.6) is 0 Å². The van der Waals surface area contributed by atoms with Crippen LogP contribution in [0.4, 0.5) is 0 Å². The predicted molar refractivity (Wildman–Crippen MR) is 78.6 cm³/mol. The van der Waals surface area contributed by atoms with Crippen LogP contribution in [0, 0.1) is 18.8 Å². The van der Waals surface area contributed by atoms with Crippen LogP contribution in [0.1, 0.15) is 50.2 Å². The van der Waals surface area contributed by atoms with Crippen LogP contribution < -0.4 is 5.73 Å². The van der Waals surface area contributed by atoms with Gasteiger partial charge in [0.15, 0.2) is 0 Å². The van der Waals surface area contributed by atoms with Gasteiger partial charge in [-0.1, -0.05) is 49.6 Å². The fourth-order valence-corrected chi connectivity index (χ4v) is 3.15. The molecule has 1 aromatic rings. The number of nitrogens with two attached hydrogens (primary N) is 1. The molecule has 0 aromatic heterocycles. The summed E-state index contributed by atoms with van der Waals surface area (Å²) in [6, 6.07) is 9.22. The van der Waals surface area contributed by atoms with E-state index in [1.165, 1.54) is 36.8 Å². The second kappa shape index (κ2) is 6.38. The molecule has 18 heavy (non-hydrogen) atoms. The highest BCUT2D eigenvalue weighted by atomic mass is 14.6. The molecular formula is C17H27N. The molecule has 1 fully saturated rings. The van der Waals surface area contributed by atoms with Crippen molar-refractivity contribution in [3.63, 3.8) is 0 Å². The maximum absolute atomic E-state index is 6.38. The lowest BCUT2D eigenvalue weighted by atomic mass is 9.78. The lowest BCUT2D eigenvalue weighted by molar-refractivity contribution is 0.248. The maximum Gasteiger partial charge on any atom is 0.00703 e.